The Morgan fingerprint density at radius 2 is 2.32 bits per heavy atom. The monoisotopic (exact) mass is 263 g/mol. The van der Waals surface area contributed by atoms with Gasteiger partial charge in [0, 0.05) is 11.1 Å². The molecule has 1 heterocycles. The van der Waals surface area contributed by atoms with E-state index in [9.17, 15) is 9.18 Å². The molecule has 0 atom stereocenters. The van der Waals surface area contributed by atoms with Gasteiger partial charge >= 0.3 is 0 Å². The van der Waals surface area contributed by atoms with Gasteiger partial charge in [0.2, 0.25) is 0 Å². The van der Waals surface area contributed by atoms with Gasteiger partial charge in [-0.2, -0.15) is 5.10 Å². The zero-order chi connectivity index (χ0) is 13.8. The molecular formula is C13H14FN3O2. The van der Waals surface area contributed by atoms with Crippen LogP contribution in [-0.4, -0.2) is 23.2 Å². The van der Waals surface area contributed by atoms with E-state index in [1.54, 1.807) is 6.20 Å². The van der Waals surface area contributed by atoms with Gasteiger partial charge in [-0.1, -0.05) is 6.92 Å². The predicted octanol–water partition coefficient (Wildman–Crippen LogP) is 2.37. The summed E-state index contributed by atoms with van der Waals surface area (Å²) in [7, 11) is 1.35. The number of halogens is 1. The fourth-order valence-electron chi connectivity index (χ4n) is 1.67. The number of carbonyl (C=O) groups is 1. The van der Waals surface area contributed by atoms with E-state index in [0.717, 1.165) is 12.0 Å². The highest BCUT2D eigenvalue weighted by atomic mass is 19.1. The number of hydrogen-bond donors (Lipinski definition) is 2. The molecule has 0 fully saturated rings. The first-order valence-corrected chi connectivity index (χ1v) is 5.82. The number of rotatable bonds is 4. The van der Waals surface area contributed by atoms with E-state index in [2.05, 4.69) is 15.5 Å². The first kappa shape index (κ1) is 13.1. The van der Waals surface area contributed by atoms with Crippen molar-refractivity contribution in [1.29, 1.82) is 0 Å². The maximum atomic E-state index is 13.3. The lowest BCUT2D eigenvalue weighted by Crippen LogP contribution is -2.13. The lowest BCUT2D eigenvalue weighted by molar-refractivity contribution is 0.102. The zero-order valence-corrected chi connectivity index (χ0v) is 10.7. The summed E-state index contributed by atoms with van der Waals surface area (Å²) in [6.45, 7) is 1.96. The van der Waals surface area contributed by atoms with Crippen LogP contribution in [0.3, 0.4) is 0 Å². The largest absolute Gasteiger partial charge is 0.494 e. The minimum absolute atomic E-state index is 0.0352. The third kappa shape index (κ3) is 2.73. The second-order valence-electron chi connectivity index (χ2n) is 3.93. The van der Waals surface area contributed by atoms with E-state index >= 15 is 0 Å². The predicted molar refractivity (Wildman–Crippen MR) is 68.9 cm³/mol. The van der Waals surface area contributed by atoms with Crippen LogP contribution in [0.15, 0.2) is 24.4 Å². The minimum Gasteiger partial charge on any atom is -0.494 e. The molecule has 1 aromatic heterocycles. The number of aromatic nitrogens is 2. The Balaban J connectivity index is 2.20. The van der Waals surface area contributed by atoms with E-state index in [0.29, 0.717) is 11.4 Å². The van der Waals surface area contributed by atoms with Crippen LogP contribution in [0.2, 0.25) is 0 Å². The maximum absolute atomic E-state index is 13.3. The highest BCUT2D eigenvalue weighted by Crippen LogP contribution is 2.19. The summed E-state index contributed by atoms with van der Waals surface area (Å²) in [5.41, 5.74) is 1.22. The molecule has 5 nitrogen and oxygen atoms in total. The maximum Gasteiger partial charge on any atom is 0.256 e. The number of amides is 1. The molecule has 1 amide bonds. The highest BCUT2D eigenvalue weighted by Gasteiger charge is 2.12. The molecule has 0 spiro atoms. The summed E-state index contributed by atoms with van der Waals surface area (Å²) in [6.07, 6.45) is 2.40. The Bertz CT molecular complexity index is 595. The number of methoxy groups -OCH3 is 1. The number of aryl methyl sites for hydroxylation is 1. The molecule has 19 heavy (non-hydrogen) atoms. The number of carbonyl (C=O) groups excluding carboxylic acids is 1. The van der Waals surface area contributed by atoms with Crippen LogP contribution >= 0.6 is 0 Å². The van der Waals surface area contributed by atoms with Crippen molar-refractivity contribution >= 4 is 11.7 Å². The third-order valence-electron chi connectivity index (χ3n) is 2.75. The van der Waals surface area contributed by atoms with Crippen LogP contribution in [0.4, 0.5) is 10.2 Å². The SMILES string of the molecule is CCc1cn[nH]c1NC(=O)c1ccc(F)c(OC)c1. The second-order valence-corrected chi connectivity index (χ2v) is 3.93. The van der Waals surface area contributed by atoms with Gasteiger partial charge in [-0.15, -0.1) is 0 Å². The first-order valence-electron chi connectivity index (χ1n) is 5.82. The zero-order valence-electron chi connectivity index (χ0n) is 10.7. The molecule has 0 aliphatic heterocycles. The van der Waals surface area contributed by atoms with E-state index in [1.165, 1.54) is 25.3 Å². The fourth-order valence-corrected chi connectivity index (χ4v) is 1.67. The summed E-state index contributed by atoms with van der Waals surface area (Å²) >= 11 is 0. The molecule has 0 bridgehead atoms. The lowest BCUT2D eigenvalue weighted by atomic mass is 10.2. The quantitative estimate of drug-likeness (QED) is 0.889. The molecule has 2 aromatic rings. The van der Waals surface area contributed by atoms with Crippen molar-refractivity contribution in [2.24, 2.45) is 0 Å². The molecule has 6 heteroatoms. The summed E-state index contributed by atoms with van der Waals surface area (Å²) < 4.78 is 18.1. The van der Waals surface area contributed by atoms with Crippen molar-refractivity contribution in [3.05, 3.63) is 41.3 Å². The number of H-pyrrole nitrogens is 1. The Morgan fingerprint density at radius 3 is 3.00 bits per heavy atom. The van der Waals surface area contributed by atoms with Crippen molar-refractivity contribution < 1.29 is 13.9 Å². The molecule has 0 saturated heterocycles. The van der Waals surface area contributed by atoms with Gasteiger partial charge in [0.15, 0.2) is 11.6 Å². The summed E-state index contributed by atoms with van der Waals surface area (Å²) in [6, 6.07) is 3.95. The number of benzene rings is 1. The van der Waals surface area contributed by atoms with Crippen molar-refractivity contribution in [2.75, 3.05) is 12.4 Å². The van der Waals surface area contributed by atoms with Gasteiger partial charge in [-0.25, -0.2) is 4.39 Å². The molecule has 2 rings (SSSR count). The van der Waals surface area contributed by atoms with Crippen LogP contribution in [0.5, 0.6) is 5.75 Å². The summed E-state index contributed by atoms with van der Waals surface area (Å²) in [5, 5.41) is 9.27. The smallest absolute Gasteiger partial charge is 0.256 e. The molecule has 0 saturated carbocycles. The van der Waals surface area contributed by atoms with Crippen molar-refractivity contribution in [1.82, 2.24) is 10.2 Å². The van der Waals surface area contributed by atoms with E-state index in [-0.39, 0.29) is 11.7 Å². The fraction of sp³-hybridized carbons (Fsp3) is 0.231. The number of ether oxygens (including phenoxy) is 1. The molecule has 0 unspecified atom stereocenters. The standard InChI is InChI=1S/C13H14FN3O2/c1-3-8-7-15-17-12(8)16-13(18)9-4-5-10(14)11(6-9)19-2/h4-7H,3H2,1-2H3,(H2,15,16,17,18). The van der Waals surface area contributed by atoms with E-state index in [1.807, 2.05) is 6.92 Å². The number of nitrogens with zero attached hydrogens (tertiary/aromatic N) is 1. The average molecular weight is 263 g/mol. The average Bonchev–Trinajstić information content (AvgIpc) is 2.86. The molecular weight excluding hydrogens is 249 g/mol. The molecule has 0 radical (unpaired) electrons. The van der Waals surface area contributed by atoms with Gasteiger partial charge in [0.1, 0.15) is 5.82 Å². The molecule has 0 aliphatic carbocycles. The van der Waals surface area contributed by atoms with Crippen LogP contribution in [-0.2, 0) is 6.42 Å². The van der Waals surface area contributed by atoms with Crippen LogP contribution in [0.25, 0.3) is 0 Å². The molecule has 1 aromatic carbocycles. The molecule has 2 N–H and O–H groups in total. The Morgan fingerprint density at radius 1 is 1.53 bits per heavy atom. The summed E-state index contributed by atoms with van der Waals surface area (Å²) in [5.74, 6) is -0.268. The second kappa shape index (κ2) is 5.51. The normalized spacial score (nSPS) is 10.3. The van der Waals surface area contributed by atoms with Gasteiger partial charge in [0.05, 0.1) is 13.3 Å². The number of aromatic amines is 1. The van der Waals surface area contributed by atoms with Gasteiger partial charge in [0.25, 0.3) is 5.91 Å². The molecule has 0 aliphatic rings. The van der Waals surface area contributed by atoms with E-state index in [4.69, 9.17) is 4.74 Å². The van der Waals surface area contributed by atoms with Crippen LogP contribution in [0.1, 0.15) is 22.8 Å². The Kier molecular flexibility index (Phi) is 3.79. The Hall–Kier alpha value is -2.37. The number of nitrogens with one attached hydrogen (secondary N) is 2. The van der Waals surface area contributed by atoms with Crippen molar-refractivity contribution in [3.8, 4) is 5.75 Å². The molecule has 100 valence electrons. The minimum atomic E-state index is -0.505. The van der Waals surface area contributed by atoms with Crippen molar-refractivity contribution in [3.63, 3.8) is 0 Å². The topological polar surface area (TPSA) is 67.0 Å². The first-order chi connectivity index (χ1) is 9.15. The van der Waals surface area contributed by atoms with Crippen LogP contribution < -0.4 is 10.1 Å². The van der Waals surface area contributed by atoms with Gasteiger partial charge in [-0.3, -0.25) is 9.89 Å². The van der Waals surface area contributed by atoms with Crippen molar-refractivity contribution in [2.45, 2.75) is 13.3 Å². The van der Waals surface area contributed by atoms with Gasteiger partial charge in [-0.05, 0) is 24.6 Å². The highest BCUT2D eigenvalue weighted by molar-refractivity contribution is 6.04. The van der Waals surface area contributed by atoms with Gasteiger partial charge < -0.3 is 10.1 Å². The van der Waals surface area contributed by atoms with E-state index < -0.39 is 5.82 Å². The lowest BCUT2D eigenvalue weighted by Gasteiger charge is -2.07. The number of hydrogen-bond acceptors (Lipinski definition) is 3. The third-order valence-corrected chi connectivity index (χ3v) is 2.75. The Labute approximate surface area is 109 Å². The van der Waals surface area contributed by atoms with Crippen LogP contribution in [0, 0.1) is 5.82 Å². The summed E-state index contributed by atoms with van der Waals surface area (Å²) in [4.78, 5) is 12.0. The number of anilines is 1.